The third kappa shape index (κ3) is 5.40. The number of amides is 1. The minimum Gasteiger partial charge on any atom is -0.439 e. The van der Waals surface area contributed by atoms with Gasteiger partial charge in [0.05, 0.1) is 17.6 Å². The molecule has 0 bridgehead atoms. The number of alkyl halides is 5. The van der Waals surface area contributed by atoms with Crippen LogP contribution in [0.2, 0.25) is 0 Å². The molecule has 1 aliphatic heterocycles. The SMILES string of the molecule is N#CC1(NC(=O)[C@@H]2CCCC[C@H]2c2oc(C(F)(F)C(F)(F)F)nc2-c2ccc(N3CCS(=O)(=O)CC3)cc2)CC1. The fourth-order valence-corrected chi connectivity index (χ4v) is 6.52. The van der Waals surface area contributed by atoms with E-state index in [2.05, 4.69) is 16.4 Å². The van der Waals surface area contributed by atoms with Crippen LogP contribution in [-0.4, -0.2) is 55.6 Å². The molecular formula is C26H27F5N4O4S. The van der Waals surface area contributed by atoms with Crippen LogP contribution < -0.4 is 10.2 Å². The maximum absolute atomic E-state index is 14.4. The number of aromatic nitrogens is 1. The van der Waals surface area contributed by atoms with Crippen LogP contribution in [0.3, 0.4) is 0 Å². The van der Waals surface area contributed by atoms with Crippen molar-refractivity contribution in [2.24, 2.45) is 5.92 Å². The van der Waals surface area contributed by atoms with Crippen LogP contribution in [0.15, 0.2) is 28.7 Å². The van der Waals surface area contributed by atoms with Crippen molar-refractivity contribution in [1.82, 2.24) is 10.3 Å². The number of rotatable bonds is 6. The Hall–Kier alpha value is -3.21. The number of benzene rings is 1. The van der Waals surface area contributed by atoms with E-state index < -0.39 is 51.1 Å². The molecule has 1 saturated heterocycles. The molecule has 8 nitrogen and oxygen atoms in total. The third-order valence-electron chi connectivity index (χ3n) is 7.89. The minimum atomic E-state index is -5.95. The van der Waals surface area contributed by atoms with Gasteiger partial charge in [-0.1, -0.05) is 25.0 Å². The van der Waals surface area contributed by atoms with Gasteiger partial charge in [-0.05, 0) is 37.8 Å². The zero-order valence-electron chi connectivity index (χ0n) is 21.3. The highest BCUT2D eigenvalue weighted by Gasteiger charge is 2.63. The lowest BCUT2D eigenvalue weighted by atomic mass is 9.76. The smallest absolute Gasteiger partial charge is 0.439 e. The number of hydrogen-bond acceptors (Lipinski definition) is 7. The van der Waals surface area contributed by atoms with Gasteiger partial charge in [-0.2, -0.15) is 27.2 Å². The summed E-state index contributed by atoms with van der Waals surface area (Å²) in [6.45, 7) is 0.532. The van der Waals surface area contributed by atoms with E-state index >= 15 is 0 Å². The summed E-state index contributed by atoms with van der Waals surface area (Å²) in [5.74, 6) is -9.50. The van der Waals surface area contributed by atoms with Crippen molar-refractivity contribution in [3.8, 4) is 17.3 Å². The van der Waals surface area contributed by atoms with Crippen LogP contribution in [0, 0.1) is 17.2 Å². The summed E-state index contributed by atoms with van der Waals surface area (Å²) in [7, 11) is -3.12. The first kappa shape index (κ1) is 28.3. The van der Waals surface area contributed by atoms with Gasteiger partial charge in [-0.15, -0.1) is 0 Å². The first-order valence-corrected chi connectivity index (χ1v) is 14.8. The summed E-state index contributed by atoms with van der Waals surface area (Å²) in [4.78, 5) is 18.6. The first-order chi connectivity index (χ1) is 18.8. The van der Waals surface area contributed by atoms with E-state index in [1.165, 1.54) is 12.1 Å². The molecule has 2 saturated carbocycles. The standard InChI is InChI=1S/C26H27F5N4O4S/c27-25(28,26(29,30)31)23-33-20(16-5-7-17(8-6-16)35-11-13-40(37,38)14-12-35)21(39-23)18-3-1-2-4-19(18)22(36)34-24(15-32)9-10-24/h5-8,18-19H,1-4,9-14H2,(H,34,36)/t18-,19-/m1/s1. The van der Waals surface area contributed by atoms with Crippen molar-refractivity contribution in [1.29, 1.82) is 5.26 Å². The Kier molecular flexibility index (Phi) is 7.09. The zero-order chi connectivity index (χ0) is 28.9. The molecule has 2 aromatic rings. The highest BCUT2D eigenvalue weighted by molar-refractivity contribution is 7.91. The van der Waals surface area contributed by atoms with E-state index in [1.54, 1.807) is 12.1 Å². The number of sulfone groups is 1. The van der Waals surface area contributed by atoms with E-state index in [-0.39, 0.29) is 41.6 Å². The van der Waals surface area contributed by atoms with E-state index in [9.17, 15) is 40.4 Å². The molecule has 3 fully saturated rings. The van der Waals surface area contributed by atoms with Crippen LogP contribution in [0.25, 0.3) is 11.3 Å². The molecule has 2 aliphatic carbocycles. The number of nitriles is 1. The maximum atomic E-state index is 14.4. The number of nitrogens with one attached hydrogen (secondary N) is 1. The Bertz CT molecular complexity index is 1410. The molecule has 40 heavy (non-hydrogen) atoms. The van der Waals surface area contributed by atoms with Crippen LogP contribution in [0.1, 0.15) is 56.1 Å². The molecule has 0 radical (unpaired) electrons. The Morgan fingerprint density at radius 2 is 1.70 bits per heavy atom. The topological polar surface area (TPSA) is 116 Å². The number of nitrogens with zero attached hydrogens (tertiary/aromatic N) is 3. The van der Waals surface area contributed by atoms with Crippen molar-refractivity contribution in [2.75, 3.05) is 29.5 Å². The first-order valence-electron chi connectivity index (χ1n) is 13.0. The quantitative estimate of drug-likeness (QED) is 0.489. The molecule has 1 aromatic heterocycles. The van der Waals surface area contributed by atoms with E-state index in [0.717, 1.165) is 0 Å². The largest absolute Gasteiger partial charge is 0.463 e. The molecule has 0 spiro atoms. The lowest BCUT2D eigenvalue weighted by Gasteiger charge is -2.30. The van der Waals surface area contributed by atoms with E-state index in [0.29, 0.717) is 44.2 Å². The third-order valence-corrected chi connectivity index (χ3v) is 9.50. The fourth-order valence-electron chi connectivity index (χ4n) is 5.32. The van der Waals surface area contributed by atoms with Crippen LogP contribution in [0.5, 0.6) is 0 Å². The summed E-state index contributed by atoms with van der Waals surface area (Å²) >= 11 is 0. The lowest BCUT2D eigenvalue weighted by molar-refractivity contribution is -0.297. The summed E-state index contributed by atoms with van der Waals surface area (Å²) in [5, 5.41) is 12.1. The van der Waals surface area contributed by atoms with Gasteiger partial charge in [-0.3, -0.25) is 4.79 Å². The zero-order valence-corrected chi connectivity index (χ0v) is 22.1. The highest BCUT2D eigenvalue weighted by atomic mass is 32.2. The highest BCUT2D eigenvalue weighted by Crippen LogP contribution is 2.49. The van der Waals surface area contributed by atoms with Crippen LogP contribution in [0.4, 0.5) is 27.6 Å². The van der Waals surface area contributed by atoms with Gasteiger partial charge in [0.2, 0.25) is 5.91 Å². The van der Waals surface area contributed by atoms with Gasteiger partial charge < -0.3 is 14.6 Å². The molecule has 5 rings (SSSR count). The van der Waals surface area contributed by atoms with E-state index in [1.807, 2.05) is 4.90 Å². The van der Waals surface area contributed by atoms with E-state index in [4.69, 9.17) is 4.42 Å². The van der Waals surface area contributed by atoms with Crippen molar-refractivity contribution in [2.45, 2.75) is 62.1 Å². The molecule has 0 unspecified atom stereocenters. The molecule has 2 heterocycles. The van der Waals surface area contributed by atoms with Gasteiger partial charge in [0.1, 0.15) is 17.0 Å². The molecule has 1 aromatic carbocycles. The molecule has 2 atom stereocenters. The summed E-state index contributed by atoms with van der Waals surface area (Å²) in [6.07, 6.45) is -3.09. The molecule has 216 valence electrons. The molecule has 1 amide bonds. The second kappa shape index (κ2) is 10.0. The van der Waals surface area contributed by atoms with Crippen molar-refractivity contribution >= 4 is 21.4 Å². The van der Waals surface area contributed by atoms with Gasteiger partial charge in [-0.25, -0.2) is 13.4 Å². The van der Waals surface area contributed by atoms with Crippen LogP contribution >= 0.6 is 0 Å². The van der Waals surface area contributed by atoms with Crippen molar-refractivity contribution in [3.63, 3.8) is 0 Å². The van der Waals surface area contributed by atoms with Gasteiger partial charge in [0.15, 0.2) is 9.84 Å². The maximum Gasteiger partial charge on any atom is 0.463 e. The second-order valence-electron chi connectivity index (χ2n) is 10.7. The molecule has 1 N–H and O–H groups in total. The summed E-state index contributed by atoms with van der Waals surface area (Å²) in [5.41, 5.74) is -0.304. The number of carbonyl (C=O) groups excluding carboxylic acids is 1. The Labute approximate surface area is 227 Å². The van der Waals surface area contributed by atoms with Crippen molar-refractivity contribution in [3.05, 3.63) is 35.9 Å². The number of oxazole rings is 1. The van der Waals surface area contributed by atoms with Gasteiger partial charge >= 0.3 is 12.1 Å². The Balaban J connectivity index is 1.51. The molecule has 14 heteroatoms. The van der Waals surface area contributed by atoms with Crippen molar-refractivity contribution < 1.29 is 39.6 Å². The molecule has 3 aliphatic rings. The average molecular weight is 587 g/mol. The predicted molar refractivity (Wildman–Crippen MR) is 133 cm³/mol. The number of hydrogen-bond donors (Lipinski definition) is 1. The van der Waals surface area contributed by atoms with Gasteiger partial charge in [0, 0.05) is 36.2 Å². The average Bonchev–Trinajstić information content (AvgIpc) is 3.54. The fraction of sp³-hybridized carbons (Fsp3) is 0.577. The Morgan fingerprint density at radius 3 is 2.27 bits per heavy atom. The minimum absolute atomic E-state index is 0.0176. The lowest BCUT2D eigenvalue weighted by Crippen LogP contribution is -2.42. The number of halogens is 5. The Morgan fingerprint density at radius 1 is 1.07 bits per heavy atom. The van der Waals surface area contributed by atoms with Crippen LogP contribution in [-0.2, 0) is 20.6 Å². The normalized spacial score (nSPS) is 24.2. The second-order valence-corrected chi connectivity index (χ2v) is 13.0. The van der Waals surface area contributed by atoms with Gasteiger partial charge in [0.25, 0.3) is 5.89 Å². The summed E-state index contributed by atoms with van der Waals surface area (Å²) in [6, 6.07) is 8.29. The monoisotopic (exact) mass is 586 g/mol. The number of carbonyl (C=O) groups is 1. The predicted octanol–water partition coefficient (Wildman–Crippen LogP) is 4.68. The summed E-state index contributed by atoms with van der Waals surface area (Å²) < 4.78 is 97.3. The number of anilines is 1. The molecular weight excluding hydrogens is 559 g/mol.